The van der Waals surface area contributed by atoms with Crippen LogP contribution in [0.25, 0.3) is 0 Å². The average molecular weight is 253 g/mol. The minimum Gasteiger partial charge on any atom is -0.398 e. The number of carbonyl (C=O) groups excluding carboxylic acids is 1. The van der Waals surface area contributed by atoms with Gasteiger partial charge in [0.15, 0.2) is 0 Å². The fourth-order valence-corrected chi connectivity index (χ4v) is 2.04. The Balaban J connectivity index is 2.21. The number of anilines is 2. The van der Waals surface area contributed by atoms with E-state index >= 15 is 0 Å². The molecule has 0 radical (unpaired) electrons. The molecular weight excluding hydrogens is 244 g/mol. The summed E-state index contributed by atoms with van der Waals surface area (Å²) >= 11 is 7.27. The van der Waals surface area contributed by atoms with Gasteiger partial charge >= 0.3 is 0 Å². The normalized spacial score (nSPS) is 10.1. The highest BCUT2D eigenvalue weighted by Gasteiger charge is 2.10. The van der Waals surface area contributed by atoms with Crippen LogP contribution >= 0.6 is 22.9 Å². The molecule has 0 aliphatic carbocycles. The number of hydrogen-bond acceptors (Lipinski definition) is 3. The van der Waals surface area contributed by atoms with Gasteiger partial charge in [-0.2, -0.15) is 11.3 Å². The molecule has 2 rings (SSSR count). The van der Waals surface area contributed by atoms with Crippen molar-refractivity contribution in [2.75, 3.05) is 11.1 Å². The van der Waals surface area contributed by atoms with E-state index in [0.29, 0.717) is 16.3 Å². The van der Waals surface area contributed by atoms with Gasteiger partial charge in [0.1, 0.15) is 0 Å². The van der Waals surface area contributed by atoms with Crippen LogP contribution in [0.15, 0.2) is 35.0 Å². The van der Waals surface area contributed by atoms with E-state index in [1.165, 1.54) is 11.3 Å². The van der Waals surface area contributed by atoms with E-state index in [1.54, 1.807) is 18.2 Å². The fraction of sp³-hybridized carbons (Fsp3) is 0. The molecule has 0 saturated carbocycles. The molecule has 0 spiro atoms. The molecule has 16 heavy (non-hydrogen) atoms. The van der Waals surface area contributed by atoms with Crippen molar-refractivity contribution in [3.63, 3.8) is 0 Å². The zero-order valence-corrected chi connectivity index (χ0v) is 9.81. The van der Waals surface area contributed by atoms with Crippen LogP contribution in [0.5, 0.6) is 0 Å². The number of nitrogen functional groups attached to an aromatic ring is 1. The molecule has 1 heterocycles. The quantitative estimate of drug-likeness (QED) is 0.807. The maximum absolute atomic E-state index is 11.8. The minimum atomic E-state index is -0.229. The zero-order valence-electron chi connectivity index (χ0n) is 8.24. The Hall–Kier alpha value is -1.52. The van der Waals surface area contributed by atoms with Crippen molar-refractivity contribution in [2.24, 2.45) is 0 Å². The number of benzene rings is 1. The summed E-state index contributed by atoms with van der Waals surface area (Å²) in [6.45, 7) is 0. The minimum absolute atomic E-state index is 0.229. The Bertz CT molecular complexity index is 511. The van der Waals surface area contributed by atoms with Crippen molar-refractivity contribution in [2.45, 2.75) is 0 Å². The monoisotopic (exact) mass is 252 g/mol. The smallest absolute Gasteiger partial charge is 0.257 e. The second-order valence-corrected chi connectivity index (χ2v) is 4.41. The van der Waals surface area contributed by atoms with E-state index < -0.39 is 0 Å². The van der Waals surface area contributed by atoms with Crippen LogP contribution in [0.2, 0.25) is 5.02 Å². The molecule has 0 fully saturated rings. The molecule has 0 atom stereocenters. The first-order valence-corrected chi connectivity index (χ1v) is 5.87. The summed E-state index contributed by atoms with van der Waals surface area (Å²) in [6, 6.07) is 6.64. The van der Waals surface area contributed by atoms with Gasteiger partial charge in [-0.3, -0.25) is 4.79 Å². The van der Waals surface area contributed by atoms with Crippen molar-refractivity contribution in [1.29, 1.82) is 0 Å². The molecule has 0 saturated heterocycles. The first kappa shape index (κ1) is 11.0. The van der Waals surface area contributed by atoms with E-state index in [2.05, 4.69) is 5.32 Å². The molecule has 5 heteroatoms. The summed E-state index contributed by atoms with van der Waals surface area (Å²) in [5.41, 5.74) is 7.28. The van der Waals surface area contributed by atoms with Crippen LogP contribution in [0.3, 0.4) is 0 Å². The Kier molecular flexibility index (Phi) is 3.12. The summed E-state index contributed by atoms with van der Waals surface area (Å²) in [6.07, 6.45) is 0. The number of thiophene rings is 1. The molecule has 0 aliphatic heterocycles. The lowest BCUT2D eigenvalue weighted by atomic mass is 10.1. The number of rotatable bonds is 2. The SMILES string of the molecule is Nc1cc(Cl)ccc1C(=O)Nc1ccsc1. The van der Waals surface area contributed by atoms with Gasteiger partial charge in [0.05, 0.1) is 11.3 Å². The Morgan fingerprint density at radius 2 is 2.19 bits per heavy atom. The Morgan fingerprint density at radius 1 is 1.38 bits per heavy atom. The summed E-state index contributed by atoms with van der Waals surface area (Å²) < 4.78 is 0. The molecular formula is C11H9ClN2OS. The van der Waals surface area contributed by atoms with Crippen molar-refractivity contribution in [3.05, 3.63) is 45.6 Å². The summed E-state index contributed by atoms with van der Waals surface area (Å²) in [4.78, 5) is 11.8. The molecule has 82 valence electrons. The van der Waals surface area contributed by atoms with Crippen molar-refractivity contribution < 1.29 is 4.79 Å². The molecule has 0 bridgehead atoms. The van der Waals surface area contributed by atoms with Gasteiger partial charge in [-0.05, 0) is 29.6 Å². The third-order valence-electron chi connectivity index (χ3n) is 2.04. The highest BCUT2D eigenvalue weighted by molar-refractivity contribution is 7.08. The molecule has 1 amide bonds. The number of nitrogens with one attached hydrogen (secondary N) is 1. The predicted molar refractivity (Wildman–Crippen MR) is 68.1 cm³/mol. The van der Waals surface area contributed by atoms with Gasteiger partial charge in [-0.25, -0.2) is 0 Å². The number of nitrogens with two attached hydrogens (primary N) is 1. The summed E-state index contributed by atoms with van der Waals surface area (Å²) in [7, 11) is 0. The van der Waals surface area contributed by atoms with E-state index in [-0.39, 0.29) is 5.91 Å². The van der Waals surface area contributed by atoms with Crippen LogP contribution in [-0.2, 0) is 0 Å². The third-order valence-corrected chi connectivity index (χ3v) is 2.96. The largest absolute Gasteiger partial charge is 0.398 e. The topological polar surface area (TPSA) is 55.1 Å². The van der Waals surface area contributed by atoms with Gasteiger partial charge in [0.25, 0.3) is 5.91 Å². The molecule has 0 unspecified atom stereocenters. The number of hydrogen-bond donors (Lipinski definition) is 2. The Labute approximate surface area is 102 Å². The van der Waals surface area contributed by atoms with E-state index in [4.69, 9.17) is 17.3 Å². The molecule has 3 N–H and O–H groups in total. The molecule has 1 aromatic heterocycles. The first-order valence-electron chi connectivity index (χ1n) is 4.55. The number of halogens is 1. The van der Waals surface area contributed by atoms with E-state index in [0.717, 1.165) is 5.69 Å². The van der Waals surface area contributed by atoms with Gasteiger partial charge in [0, 0.05) is 16.1 Å². The van der Waals surface area contributed by atoms with E-state index in [9.17, 15) is 4.79 Å². The molecule has 2 aromatic rings. The second kappa shape index (κ2) is 4.55. The lowest BCUT2D eigenvalue weighted by Gasteiger charge is -2.06. The van der Waals surface area contributed by atoms with Crippen LogP contribution in [0.4, 0.5) is 11.4 Å². The van der Waals surface area contributed by atoms with Gasteiger partial charge in [0.2, 0.25) is 0 Å². The first-order chi connectivity index (χ1) is 7.66. The maximum Gasteiger partial charge on any atom is 0.257 e. The molecule has 0 aliphatic rings. The third kappa shape index (κ3) is 2.35. The van der Waals surface area contributed by atoms with Crippen LogP contribution in [-0.4, -0.2) is 5.91 Å². The fourth-order valence-electron chi connectivity index (χ4n) is 1.27. The summed E-state index contributed by atoms with van der Waals surface area (Å²) in [5, 5.41) is 7.01. The Morgan fingerprint density at radius 3 is 2.81 bits per heavy atom. The van der Waals surface area contributed by atoms with E-state index in [1.807, 2.05) is 16.8 Å². The van der Waals surface area contributed by atoms with Gasteiger partial charge in [-0.15, -0.1) is 0 Å². The van der Waals surface area contributed by atoms with Crippen molar-refractivity contribution in [1.82, 2.24) is 0 Å². The maximum atomic E-state index is 11.8. The molecule has 3 nitrogen and oxygen atoms in total. The summed E-state index contributed by atoms with van der Waals surface area (Å²) in [5.74, 6) is -0.229. The lowest BCUT2D eigenvalue weighted by Crippen LogP contribution is -2.13. The highest BCUT2D eigenvalue weighted by Crippen LogP contribution is 2.20. The predicted octanol–water partition coefficient (Wildman–Crippen LogP) is 3.24. The zero-order chi connectivity index (χ0) is 11.5. The standard InChI is InChI=1S/C11H9ClN2OS/c12-7-1-2-9(10(13)5-7)11(15)14-8-3-4-16-6-8/h1-6H,13H2,(H,14,15). The molecule has 1 aromatic carbocycles. The van der Waals surface area contributed by atoms with Crippen LogP contribution in [0, 0.1) is 0 Å². The number of carbonyl (C=O) groups is 1. The lowest BCUT2D eigenvalue weighted by molar-refractivity contribution is 0.102. The van der Waals surface area contributed by atoms with Gasteiger partial charge < -0.3 is 11.1 Å². The van der Waals surface area contributed by atoms with Crippen LogP contribution in [0.1, 0.15) is 10.4 Å². The van der Waals surface area contributed by atoms with Crippen molar-refractivity contribution >= 4 is 40.2 Å². The van der Waals surface area contributed by atoms with Crippen LogP contribution < -0.4 is 11.1 Å². The number of amides is 1. The average Bonchev–Trinajstić information content (AvgIpc) is 2.70. The second-order valence-electron chi connectivity index (χ2n) is 3.20. The van der Waals surface area contributed by atoms with Crippen molar-refractivity contribution in [3.8, 4) is 0 Å². The van der Waals surface area contributed by atoms with Gasteiger partial charge in [-0.1, -0.05) is 11.6 Å². The highest BCUT2D eigenvalue weighted by atomic mass is 35.5.